The molecule has 0 spiro atoms. The summed E-state index contributed by atoms with van der Waals surface area (Å²) in [5.41, 5.74) is 26.4. The lowest BCUT2D eigenvalue weighted by Gasteiger charge is -2.34. The van der Waals surface area contributed by atoms with Gasteiger partial charge in [0.05, 0.1) is 0 Å². The molecule has 2 saturated heterocycles. The summed E-state index contributed by atoms with van der Waals surface area (Å²) in [6.07, 6.45) is 16.2. The van der Waals surface area contributed by atoms with Crippen molar-refractivity contribution < 1.29 is 20.4 Å². The first-order chi connectivity index (χ1) is 47.5. The molecule has 6 heteroatoms. The zero-order valence-corrected chi connectivity index (χ0v) is 58.2. The van der Waals surface area contributed by atoms with Gasteiger partial charge in [-0.1, -0.05) is 261 Å². The van der Waals surface area contributed by atoms with Crippen LogP contribution in [-0.4, -0.2) is 83.3 Å². The molecule has 9 aromatic carbocycles. The van der Waals surface area contributed by atoms with Gasteiger partial charge in [-0.2, -0.15) is 0 Å². The Kier molecular flexibility index (Phi) is 26.9. The van der Waals surface area contributed by atoms with Gasteiger partial charge < -0.3 is 30.2 Å². The van der Waals surface area contributed by atoms with E-state index in [0.717, 1.165) is 91.9 Å². The van der Waals surface area contributed by atoms with Crippen molar-refractivity contribution in [2.24, 2.45) is 0 Å². The van der Waals surface area contributed by atoms with Gasteiger partial charge in [0.1, 0.15) is 5.75 Å². The fourth-order valence-corrected chi connectivity index (χ4v) is 14.7. The molecular formula is C91H104N2O4. The van der Waals surface area contributed by atoms with Crippen molar-refractivity contribution in [1.82, 2.24) is 9.80 Å². The number of hydrogen-bond donors (Lipinski definition) is 4. The monoisotopic (exact) mass is 1290 g/mol. The molecule has 0 atom stereocenters. The zero-order valence-electron chi connectivity index (χ0n) is 58.2. The topological polar surface area (TPSA) is 87.4 Å². The Morgan fingerprint density at radius 1 is 0.351 bits per heavy atom. The first-order valence-corrected chi connectivity index (χ1v) is 36.0. The van der Waals surface area contributed by atoms with Gasteiger partial charge in [0.15, 0.2) is 0 Å². The van der Waals surface area contributed by atoms with Crippen LogP contribution in [0.1, 0.15) is 199 Å². The molecule has 97 heavy (non-hydrogen) atoms. The lowest BCUT2D eigenvalue weighted by Crippen LogP contribution is -2.31. The second-order valence-corrected chi connectivity index (χ2v) is 27.2. The van der Waals surface area contributed by atoms with Gasteiger partial charge in [-0.15, -0.1) is 0 Å². The van der Waals surface area contributed by atoms with E-state index in [4.69, 9.17) is 0 Å². The van der Waals surface area contributed by atoms with E-state index in [1.807, 2.05) is 18.2 Å². The molecule has 0 amide bonds. The number of rotatable bonds is 22. The number of aliphatic hydroxyl groups is 3. The number of allylic oxidation sites excluding steroid dienone is 4. The van der Waals surface area contributed by atoms with Gasteiger partial charge in [-0.05, 0) is 248 Å². The van der Waals surface area contributed by atoms with Gasteiger partial charge in [-0.3, -0.25) is 0 Å². The van der Waals surface area contributed by atoms with Crippen LogP contribution in [0.2, 0.25) is 0 Å². The predicted octanol–water partition coefficient (Wildman–Crippen LogP) is 21.1. The molecule has 12 rings (SSSR count). The largest absolute Gasteiger partial charge is 0.508 e. The normalized spacial score (nSPS) is 15.6. The molecule has 1 saturated carbocycles. The number of phenols is 1. The van der Waals surface area contributed by atoms with Crippen LogP contribution in [0.5, 0.6) is 5.75 Å². The van der Waals surface area contributed by atoms with Crippen molar-refractivity contribution in [2.45, 2.75) is 135 Å². The van der Waals surface area contributed by atoms with E-state index in [-0.39, 0.29) is 25.6 Å². The molecule has 0 unspecified atom stereocenters. The number of aryl methyl sites for hydroxylation is 2. The van der Waals surface area contributed by atoms with E-state index in [0.29, 0.717) is 18.3 Å². The number of aromatic hydroxyl groups is 1. The third kappa shape index (κ3) is 19.8. The Balaban J connectivity index is 0.000000158. The van der Waals surface area contributed by atoms with Crippen LogP contribution >= 0.6 is 0 Å². The fourth-order valence-electron chi connectivity index (χ4n) is 14.7. The molecule has 2 aliphatic heterocycles. The number of piperidine rings is 2. The Morgan fingerprint density at radius 3 is 0.928 bits per heavy atom. The van der Waals surface area contributed by atoms with Gasteiger partial charge in [0.25, 0.3) is 0 Å². The molecule has 1 aliphatic carbocycles. The summed E-state index contributed by atoms with van der Waals surface area (Å²) in [6, 6.07) is 84.6. The van der Waals surface area contributed by atoms with Crippen LogP contribution in [-0.2, 0) is 0 Å². The van der Waals surface area contributed by atoms with E-state index in [9.17, 15) is 20.4 Å². The minimum atomic E-state index is 0.154. The Morgan fingerprint density at radius 2 is 0.629 bits per heavy atom. The van der Waals surface area contributed by atoms with Gasteiger partial charge in [-0.25, -0.2) is 0 Å². The molecular weight excluding hydrogens is 1190 g/mol. The maximum absolute atomic E-state index is 9.88. The van der Waals surface area contributed by atoms with Crippen molar-refractivity contribution >= 4 is 33.4 Å². The van der Waals surface area contributed by atoms with Crippen molar-refractivity contribution in [3.63, 3.8) is 0 Å². The van der Waals surface area contributed by atoms with E-state index in [2.05, 4.69) is 250 Å². The number of phenolic OH excluding ortho intramolecular Hbond substituents is 1. The third-order valence-electron chi connectivity index (χ3n) is 20.2. The predicted molar refractivity (Wildman–Crippen MR) is 409 cm³/mol. The summed E-state index contributed by atoms with van der Waals surface area (Å²) in [5.74, 6) is 2.22. The first kappa shape index (κ1) is 71.2. The van der Waals surface area contributed by atoms with Crippen LogP contribution in [0, 0.1) is 13.8 Å². The second kappa shape index (κ2) is 36.6. The maximum atomic E-state index is 9.88. The van der Waals surface area contributed by atoms with Crippen LogP contribution in [0.4, 0.5) is 0 Å². The molecule has 3 aliphatic rings. The smallest absolute Gasteiger partial charge is 0.115 e. The van der Waals surface area contributed by atoms with Gasteiger partial charge in [0.2, 0.25) is 0 Å². The molecule has 9 aromatic rings. The number of likely N-dealkylation sites (tertiary alicyclic amines) is 2. The second-order valence-electron chi connectivity index (χ2n) is 27.2. The number of benzene rings is 9. The highest BCUT2D eigenvalue weighted by atomic mass is 16.3. The third-order valence-corrected chi connectivity index (χ3v) is 20.2. The Bertz CT molecular complexity index is 3930. The lowest BCUT2D eigenvalue weighted by molar-refractivity contribution is 0.255. The highest BCUT2D eigenvalue weighted by molar-refractivity contribution is 6.01. The number of nitrogens with zero attached hydrogens (tertiary/aromatic N) is 2. The Hall–Kier alpha value is -8.62. The molecule has 0 radical (unpaired) electrons. The first-order valence-electron chi connectivity index (χ1n) is 36.0. The molecule has 0 aromatic heterocycles. The van der Waals surface area contributed by atoms with Crippen molar-refractivity contribution in [2.75, 3.05) is 53.0 Å². The minimum Gasteiger partial charge on any atom is -0.508 e. The summed E-state index contributed by atoms with van der Waals surface area (Å²) in [5, 5.41) is 38.6. The van der Waals surface area contributed by atoms with Gasteiger partial charge >= 0.3 is 0 Å². The van der Waals surface area contributed by atoms with E-state index in [1.165, 1.54) is 147 Å². The molecule has 502 valence electrons. The number of hydrogen-bond acceptors (Lipinski definition) is 6. The van der Waals surface area contributed by atoms with Crippen LogP contribution in [0.25, 0.3) is 33.4 Å². The standard InChI is InChI=1S/C31H35NO2.C30H35NO.C30H34O/c1-23(2)32-20-18-25(19-21-32)24-10-12-27(13-11-24)31(28-14-16-29(34)17-15-28)30(9-6-22-33)26-7-4-3-5-8-26;1-23-10-12-27(13-11-23)30(29(9-6-22-32)26-7-4-3-5-8-26)28-16-14-24(15-17-28)25-18-20-31(2)21-19-25;1-23-14-16-27(17-15-23)30(29(13-8-22-31)26-11-6-3-7-12-26)28-20-18-25(19-21-28)24-9-4-2-5-10-24/h3-5,7-8,10-17,25,33-34H,1,6,9,18-22H2,2H3;3-5,7-8,10-17,25,32H,6,9,18-22H2,1-2H3;3,6-7,11-12,14-21,24,31H,2,4-5,8-10,13,22H2,1H3/b31-30+;2*30-29-. The highest BCUT2D eigenvalue weighted by Crippen LogP contribution is 2.42. The van der Waals surface area contributed by atoms with Crippen LogP contribution in [0.15, 0.2) is 249 Å². The van der Waals surface area contributed by atoms with Crippen molar-refractivity contribution in [3.8, 4) is 5.75 Å². The quantitative estimate of drug-likeness (QED) is 0.0506. The molecule has 3 fully saturated rings. The van der Waals surface area contributed by atoms with Gasteiger partial charge in [0, 0.05) is 38.6 Å². The molecule has 2 heterocycles. The van der Waals surface area contributed by atoms with E-state index < -0.39 is 0 Å². The molecule has 4 N–H and O–H groups in total. The maximum Gasteiger partial charge on any atom is 0.115 e. The lowest BCUT2D eigenvalue weighted by atomic mass is 9.82. The highest BCUT2D eigenvalue weighted by Gasteiger charge is 2.24. The molecule has 0 bridgehead atoms. The summed E-state index contributed by atoms with van der Waals surface area (Å²) < 4.78 is 0. The fraction of sp³-hybridized carbons (Fsp3) is 0.319. The van der Waals surface area contributed by atoms with E-state index in [1.54, 1.807) is 12.1 Å². The van der Waals surface area contributed by atoms with Crippen LogP contribution in [0.3, 0.4) is 0 Å². The number of aliphatic hydroxyl groups excluding tert-OH is 3. The Labute approximate surface area is 580 Å². The summed E-state index contributed by atoms with van der Waals surface area (Å²) in [7, 11) is 2.22. The zero-order chi connectivity index (χ0) is 67.7. The van der Waals surface area contributed by atoms with E-state index >= 15 is 0 Å². The SMILES string of the molecule is C=C(C)N1CCC(c2ccc(/C(=C(/CCCO)c3ccccc3)c3ccc(O)cc3)cc2)CC1.Cc1ccc(/C(=C(\CCCO)c2ccccc2)c2ccc(C3CCCCC3)cc2)cc1.Cc1ccc(/C(=C(\CCCO)c2ccccc2)c2ccc(C3CCN(C)CC3)cc2)cc1. The average Bonchev–Trinajstić information content (AvgIpc) is 1.08. The summed E-state index contributed by atoms with van der Waals surface area (Å²) in [4.78, 5) is 4.81. The summed E-state index contributed by atoms with van der Waals surface area (Å²) >= 11 is 0. The van der Waals surface area contributed by atoms with Crippen LogP contribution < -0.4 is 0 Å². The van der Waals surface area contributed by atoms with Crippen molar-refractivity contribution in [1.29, 1.82) is 0 Å². The molecule has 6 nitrogen and oxygen atoms in total. The summed E-state index contributed by atoms with van der Waals surface area (Å²) in [6.45, 7) is 15.5. The van der Waals surface area contributed by atoms with Crippen molar-refractivity contribution in [3.05, 3.63) is 327 Å². The minimum absolute atomic E-state index is 0.154. The average molecular weight is 1290 g/mol.